The summed E-state index contributed by atoms with van der Waals surface area (Å²) in [6, 6.07) is 0. The van der Waals surface area contributed by atoms with Crippen LogP contribution >= 0.6 is 0 Å². The van der Waals surface area contributed by atoms with Crippen LogP contribution in [0.1, 0.15) is 71.1 Å². The number of nitrogens with zero attached hydrogens (tertiary/aromatic N) is 1. The highest BCUT2D eigenvalue weighted by Crippen LogP contribution is 2.14. The molecule has 17 heavy (non-hydrogen) atoms. The van der Waals surface area contributed by atoms with Crippen LogP contribution in [0.4, 0.5) is 0 Å². The summed E-state index contributed by atoms with van der Waals surface area (Å²) in [5, 5.41) is 0. The molecule has 2 amide bonds. The Morgan fingerprint density at radius 1 is 1.12 bits per heavy atom. The van der Waals surface area contributed by atoms with E-state index in [1.165, 1.54) is 24.2 Å². The molecule has 0 aromatic rings. The van der Waals surface area contributed by atoms with Gasteiger partial charge in [-0.2, -0.15) is 0 Å². The summed E-state index contributed by atoms with van der Waals surface area (Å²) >= 11 is 0. The molecular weight excluding hydrogens is 214 g/mol. The zero-order valence-electron chi connectivity index (χ0n) is 11.0. The summed E-state index contributed by atoms with van der Waals surface area (Å²) < 4.78 is 0. The normalized spacial score (nSPS) is 17.0. The van der Waals surface area contributed by atoms with Gasteiger partial charge in [0.25, 0.3) is 0 Å². The molecule has 3 heteroatoms. The minimum atomic E-state index is 0.0426. The van der Waals surface area contributed by atoms with Gasteiger partial charge in [0.1, 0.15) is 0 Å². The monoisotopic (exact) mass is 239 g/mol. The fourth-order valence-electron chi connectivity index (χ4n) is 2.26. The molecule has 0 aromatic heterocycles. The van der Waals surface area contributed by atoms with Crippen LogP contribution in [-0.4, -0.2) is 23.3 Å². The third kappa shape index (κ3) is 5.33. The minimum absolute atomic E-state index is 0.0426. The molecule has 1 saturated heterocycles. The van der Waals surface area contributed by atoms with Crippen LogP contribution in [0.15, 0.2) is 0 Å². The minimum Gasteiger partial charge on any atom is -0.283 e. The Labute approximate surface area is 105 Å². The maximum absolute atomic E-state index is 11.9. The second-order valence-corrected chi connectivity index (χ2v) is 4.91. The van der Waals surface area contributed by atoms with Crippen molar-refractivity contribution >= 4 is 11.8 Å². The summed E-state index contributed by atoms with van der Waals surface area (Å²) in [5.41, 5.74) is 0. The van der Waals surface area contributed by atoms with Gasteiger partial charge in [-0.15, -0.1) is 0 Å². The average molecular weight is 239 g/mol. The van der Waals surface area contributed by atoms with Gasteiger partial charge in [-0.1, -0.05) is 39.0 Å². The van der Waals surface area contributed by atoms with E-state index in [-0.39, 0.29) is 11.8 Å². The summed E-state index contributed by atoms with van der Waals surface area (Å²) in [4.78, 5) is 25.1. The molecule has 1 rings (SSSR count). The molecule has 1 aliphatic rings. The lowest BCUT2D eigenvalue weighted by molar-refractivity contribution is -0.144. The van der Waals surface area contributed by atoms with Crippen molar-refractivity contribution in [1.29, 1.82) is 0 Å². The molecule has 0 unspecified atom stereocenters. The fourth-order valence-corrected chi connectivity index (χ4v) is 2.26. The third-order valence-corrected chi connectivity index (χ3v) is 3.37. The molecule has 1 heterocycles. The number of hydrogen-bond acceptors (Lipinski definition) is 2. The van der Waals surface area contributed by atoms with Crippen molar-refractivity contribution in [3.05, 3.63) is 0 Å². The molecule has 98 valence electrons. The first kappa shape index (κ1) is 14.2. The Morgan fingerprint density at radius 3 is 2.65 bits per heavy atom. The maximum Gasteiger partial charge on any atom is 0.229 e. The number of amides is 2. The van der Waals surface area contributed by atoms with Gasteiger partial charge >= 0.3 is 0 Å². The first-order valence-corrected chi connectivity index (χ1v) is 7.09. The van der Waals surface area contributed by atoms with Crippen LogP contribution in [-0.2, 0) is 9.59 Å². The highest BCUT2D eigenvalue weighted by Gasteiger charge is 2.22. The van der Waals surface area contributed by atoms with Crippen LogP contribution in [0.3, 0.4) is 0 Å². The molecular formula is C14H25NO2. The standard InChI is InChI=1S/C14H25NO2/c1-2-3-4-5-7-10-13(16)15-12-9-6-8-11-14(15)17/h2-12H2,1H3. The van der Waals surface area contributed by atoms with Gasteiger partial charge < -0.3 is 0 Å². The molecule has 0 N–H and O–H groups in total. The number of imide groups is 1. The molecule has 0 aromatic carbocycles. The van der Waals surface area contributed by atoms with Gasteiger partial charge in [0, 0.05) is 19.4 Å². The van der Waals surface area contributed by atoms with E-state index in [2.05, 4.69) is 6.92 Å². The first-order chi connectivity index (χ1) is 8.25. The molecule has 1 aliphatic heterocycles. The van der Waals surface area contributed by atoms with Crippen molar-refractivity contribution in [2.75, 3.05) is 6.54 Å². The largest absolute Gasteiger partial charge is 0.283 e. The van der Waals surface area contributed by atoms with Crippen molar-refractivity contribution < 1.29 is 9.59 Å². The van der Waals surface area contributed by atoms with Crippen LogP contribution in [0.25, 0.3) is 0 Å². The average Bonchev–Trinajstić information content (AvgIpc) is 2.53. The zero-order chi connectivity index (χ0) is 12.5. The van der Waals surface area contributed by atoms with Gasteiger partial charge in [-0.25, -0.2) is 0 Å². The van der Waals surface area contributed by atoms with Crippen molar-refractivity contribution in [2.24, 2.45) is 0 Å². The van der Waals surface area contributed by atoms with Gasteiger partial charge in [0.05, 0.1) is 0 Å². The van der Waals surface area contributed by atoms with Crippen LogP contribution in [0.2, 0.25) is 0 Å². The van der Waals surface area contributed by atoms with Gasteiger partial charge in [-0.3, -0.25) is 14.5 Å². The van der Waals surface area contributed by atoms with Crippen molar-refractivity contribution in [2.45, 2.75) is 71.1 Å². The summed E-state index contributed by atoms with van der Waals surface area (Å²) in [6.07, 6.45) is 9.83. The highest BCUT2D eigenvalue weighted by atomic mass is 16.2. The predicted octanol–water partition coefficient (Wildman–Crippen LogP) is 3.28. The SMILES string of the molecule is CCCCCCCC(=O)N1CCCCCC1=O. The van der Waals surface area contributed by atoms with E-state index in [9.17, 15) is 9.59 Å². The Morgan fingerprint density at radius 2 is 1.88 bits per heavy atom. The second kappa shape index (κ2) is 8.26. The lowest BCUT2D eigenvalue weighted by atomic mass is 10.1. The van der Waals surface area contributed by atoms with Crippen LogP contribution in [0, 0.1) is 0 Å². The zero-order valence-corrected chi connectivity index (χ0v) is 11.0. The molecule has 0 aliphatic carbocycles. The molecule has 0 saturated carbocycles. The van der Waals surface area contributed by atoms with E-state index in [0.717, 1.165) is 32.1 Å². The lowest BCUT2D eigenvalue weighted by Gasteiger charge is -2.18. The van der Waals surface area contributed by atoms with Gasteiger partial charge in [0.15, 0.2) is 0 Å². The predicted molar refractivity (Wildman–Crippen MR) is 68.6 cm³/mol. The van der Waals surface area contributed by atoms with E-state index in [1.54, 1.807) is 0 Å². The number of carbonyl (C=O) groups is 2. The number of carbonyl (C=O) groups excluding carboxylic acids is 2. The van der Waals surface area contributed by atoms with Crippen molar-refractivity contribution in [3.63, 3.8) is 0 Å². The Kier molecular flexibility index (Phi) is 6.90. The van der Waals surface area contributed by atoms with E-state index in [1.807, 2.05) is 0 Å². The quantitative estimate of drug-likeness (QED) is 0.667. The molecule has 3 nitrogen and oxygen atoms in total. The Hall–Kier alpha value is -0.860. The van der Waals surface area contributed by atoms with Crippen molar-refractivity contribution in [3.8, 4) is 0 Å². The number of rotatable bonds is 6. The van der Waals surface area contributed by atoms with Gasteiger partial charge in [-0.05, 0) is 19.3 Å². The smallest absolute Gasteiger partial charge is 0.229 e. The number of likely N-dealkylation sites (tertiary alicyclic amines) is 1. The highest BCUT2D eigenvalue weighted by molar-refractivity contribution is 5.95. The maximum atomic E-state index is 11.9. The molecule has 0 spiro atoms. The lowest BCUT2D eigenvalue weighted by Crippen LogP contribution is -2.36. The summed E-state index contributed by atoms with van der Waals surface area (Å²) in [6.45, 7) is 2.83. The molecule has 0 bridgehead atoms. The molecule has 0 radical (unpaired) electrons. The summed E-state index contributed by atoms with van der Waals surface area (Å²) in [5.74, 6) is 0.0921. The van der Waals surface area contributed by atoms with E-state index >= 15 is 0 Å². The van der Waals surface area contributed by atoms with Crippen LogP contribution in [0.5, 0.6) is 0 Å². The third-order valence-electron chi connectivity index (χ3n) is 3.37. The fraction of sp³-hybridized carbons (Fsp3) is 0.857. The molecule has 1 fully saturated rings. The Bertz CT molecular complexity index is 251. The number of unbranched alkanes of at least 4 members (excludes halogenated alkanes) is 4. The van der Waals surface area contributed by atoms with E-state index in [4.69, 9.17) is 0 Å². The van der Waals surface area contributed by atoms with Crippen LogP contribution < -0.4 is 0 Å². The summed E-state index contributed by atoms with van der Waals surface area (Å²) in [7, 11) is 0. The van der Waals surface area contributed by atoms with E-state index < -0.39 is 0 Å². The number of hydrogen-bond donors (Lipinski definition) is 0. The first-order valence-electron chi connectivity index (χ1n) is 7.09. The topological polar surface area (TPSA) is 37.4 Å². The Balaban J connectivity index is 2.23. The van der Waals surface area contributed by atoms with E-state index in [0.29, 0.717) is 19.4 Å². The van der Waals surface area contributed by atoms with Crippen molar-refractivity contribution in [1.82, 2.24) is 4.90 Å². The second-order valence-electron chi connectivity index (χ2n) is 4.91. The van der Waals surface area contributed by atoms with Gasteiger partial charge in [0.2, 0.25) is 11.8 Å². The molecule has 0 atom stereocenters.